The summed E-state index contributed by atoms with van der Waals surface area (Å²) in [6.45, 7) is 0. The summed E-state index contributed by atoms with van der Waals surface area (Å²) in [6.07, 6.45) is 0. The van der Waals surface area contributed by atoms with Gasteiger partial charge >= 0.3 is 0 Å². The van der Waals surface area contributed by atoms with Crippen molar-refractivity contribution >= 4 is 17.5 Å². The maximum Gasteiger partial charge on any atom is 0.229 e. The summed E-state index contributed by atoms with van der Waals surface area (Å²) in [5.74, 6) is 2.22. The van der Waals surface area contributed by atoms with Crippen LogP contribution in [0.3, 0.4) is 0 Å². The Bertz CT molecular complexity index is 619. The first-order chi connectivity index (χ1) is 9.55. The molecular weight excluding hydrogens is 280 g/mol. The van der Waals surface area contributed by atoms with Crippen LogP contribution < -0.4 is 14.4 Å². The van der Waals surface area contributed by atoms with E-state index < -0.39 is 0 Å². The third-order valence-electron chi connectivity index (χ3n) is 2.64. The van der Waals surface area contributed by atoms with Crippen LogP contribution in [-0.2, 0) is 0 Å². The molecule has 0 saturated heterocycles. The maximum atomic E-state index is 5.93. The molecule has 1 aromatic carbocycles. The summed E-state index contributed by atoms with van der Waals surface area (Å²) >= 11 is 5.93. The number of benzene rings is 1. The van der Waals surface area contributed by atoms with Crippen LogP contribution in [-0.4, -0.2) is 43.3 Å². The predicted octanol–water partition coefficient (Wildman–Crippen LogP) is 2.28. The summed E-state index contributed by atoms with van der Waals surface area (Å²) in [6, 6.07) is 5.43. The van der Waals surface area contributed by atoms with E-state index in [1.807, 2.05) is 20.2 Å². The zero-order valence-electron chi connectivity index (χ0n) is 11.7. The van der Waals surface area contributed by atoms with Crippen molar-refractivity contribution in [3.63, 3.8) is 0 Å². The molecule has 0 atom stereocenters. The Balaban J connectivity index is 2.51. The van der Waals surface area contributed by atoms with Crippen molar-refractivity contribution in [3.8, 4) is 22.9 Å². The Morgan fingerprint density at radius 2 is 1.70 bits per heavy atom. The Morgan fingerprint density at radius 3 is 2.30 bits per heavy atom. The lowest BCUT2D eigenvalue weighted by Crippen LogP contribution is -2.13. The molecule has 0 aliphatic carbocycles. The fourth-order valence-corrected chi connectivity index (χ4v) is 1.80. The lowest BCUT2D eigenvalue weighted by atomic mass is 10.2. The van der Waals surface area contributed by atoms with Gasteiger partial charge in [0.2, 0.25) is 11.2 Å². The molecule has 0 unspecified atom stereocenters. The Kier molecular flexibility index (Phi) is 4.24. The van der Waals surface area contributed by atoms with Gasteiger partial charge in [-0.2, -0.15) is 15.0 Å². The lowest BCUT2D eigenvalue weighted by Gasteiger charge is -2.12. The second kappa shape index (κ2) is 5.92. The van der Waals surface area contributed by atoms with Gasteiger partial charge in [0.05, 0.1) is 14.2 Å². The number of hydrogen-bond donors (Lipinski definition) is 0. The summed E-state index contributed by atoms with van der Waals surface area (Å²) in [7, 11) is 6.84. The molecule has 0 amide bonds. The van der Waals surface area contributed by atoms with E-state index in [-0.39, 0.29) is 5.28 Å². The van der Waals surface area contributed by atoms with Crippen molar-refractivity contribution < 1.29 is 9.47 Å². The number of aromatic nitrogens is 3. The van der Waals surface area contributed by atoms with Crippen LogP contribution in [0.2, 0.25) is 5.28 Å². The van der Waals surface area contributed by atoms with Crippen LogP contribution >= 0.6 is 11.6 Å². The molecule has 1 heterocycles. The van der Waals surface area contributed by atoms with Gasteiger partial charge < -0.3 is 14.4 Å². The smallest absolute Gasteiger partial charge is 0.229 e. The number of rotatable bonds is 4. The van der Waals surface area contributed by atoms with Crippen molar-refractivity contribution in [2.45, 2.75) is 0 Å². The third kappa shape index (κ3) is 2.91. The average Bonchev–Trinajstić information content (AvgIpc) is 2.45. The first-order valence-corrected chi connectivity index (χ1v) is 6.24. The van der Waals surface area contributed by atoms with Crippen molar-refractivity contribution in [2.75, 3.05) is 33.2 Å². The molecule has 2 aromatic rings. The highest BCUT2D eigenvalue weighted by molar-refractivity contribution is 6.28. The number of hydrogen-bond acceptors (Lipinski definition) is 6. The molecule has 106 valence electrons. The molecular formula is C13H15ClN4O2. The molecule has 0 spiro atoms. The fourth-order valence-electron chi connectivity index (χ4n) is 1.64. The van der Waals surface area contributed by atoms with Crippen LogP contribution in [0.25, 0.3) is 11.4 Å². The van der Waals surface area contributed by atoms with Crippen LogP contribution in [0, 0.1) is 0 Å². The van der Waals surface area contributed by atoms with Gasteiger partial charge in [-0.15, -0.1) is 0 Å². The minimum atomic E-state index is 0.147. The van der Waals surface area contributed by atoms with E-state index in [4.69, 9.17) is 21.1 Å². The number of anilines is 1. The second-order valence-corrected chi connectivity index (χ2v) is 4.53. The zero-order valence-corrected chi connectivity index (χ0v) is 12.5. The molecule has 7 heteroatoms. The summed E-state index contributed by atoms with van der Waals surface area (Å²) < 4.78 is 10.5. The van der Waals surface area contributed by atoms with E-state index >= 15 is 0 Å². The number of ether oxygens (including phenoxy) is 2. The van der Waals surface area contributed by atoms with E-state index in [1.165, 1.54) is 0 Å². The Labute approximate surface area is 122 Å². The van der Waals surface area contributed by atoms with Gasteiger partial charge in [-0.3, -0.25) is 0 Å². The SMILES string of the molecule is COc1ccc(-c2nc(Cl)nc(N(C)C)n2)cc1OC. The van der Waals surface area contributed by atoms with Gasteiger partial charge in [0.1, 0.15) is 0 Å². The highest BCUT2D eigenvalue weighted by Crippen LogP contribution is 2.31. The molecule has 0 saturated carbocycles. The molecule has 0 bridgehead atoms. The molecule has 0 aliphatic heterocycles. The summed E-state index contributed by atoms with van der Waals surface area (Å²) in [5.41, 5.74) is 0.773. The van der Waals surface area contributed by atoms with E-state index in [1.54, 1.807) is 31.3 Å². The van der Waals surface area contributed by atoms with Crippen molar-refractivity contribution in [1.82, 2.24) is 15.0 Å². The Morgan fingerprint density at radius 1 is 1.00 bits per heavy atom. The number of halogens is 1. The van der Waals surface area contributed by atoms with Gasteiger partial charge in [0.15, 0.2) is 17.3 Å². The van der Waals surface area contributed by atoms with Gasteiger partial charge in [0.25, 0.3) is 0 Å². The van der Waals surface area contributed by atoms with E-state index in [0.717, 1.165) is 5.56 Å². The Hall–Kier alpha value is -2.08. The summed E-state index contributed by atoms with van der Waals surface area (Å²) in [4.78, 5) is 14.3. The van der Waals surface area contributed by atoms with Crippen LogP contribution in [0.15, 0.2) is 18.2 Å². The molecule has 0 aliphatic rings. The van der Waals surface area contributed by atoms with Gasteiger partial charge in [-0.25, -0.2) is 0 Å². The molecule has 2 rings (SSSR count). The topological polar surface area (TPSA) is 60.4 Å². The van der Waals surface area contributed by atoms with Crippen molar-refractivity contribution in [3.05, 3.63) is 23.5 Å². The molecule has 0 N–H and O–H groups in total. The monoisotopic (exact) mass is 294 g/mol. The highest BCUT2D eigenvalue weighted by Gasteiger charge is 2.11. The molecule has 6 nitrogen and oxygen atoms in total. The lowest BCUT2D eigenvalue weighted by molar-refractivity contribution is 0.355. The fraction of sp³-hybridized carbons (Fsp3) is 0.308. The van der Waals surface area contributed by atoms with E-state index in [0.29, 0.717) is 23.3 Å². The van der Waals surface area contributed by atoms with Gasteiger partial charge in [0, 0.05) is 19.7 Å². The highest BCUT2D eigenvalue weighted by atomic mass is 35.5. The first-order valence-electron chi connectivity index (χ1n) is 5.86. The van der Waals surface area contributed by atoms with E-state index in [9.17, 15) is 0 Å². The zero-order chi connectivity index (χ0) is 14.7. The third-order valence-corrected chi connectivity index (χ3v) is 2.81. The minimum Gasteiger partial charge on any atom is -0.493 e. The second-order valence-electron chi connectivity index (χ2n) is 4.19. The predicted molar refractivity (Wildman–Crippen MR) is 77.7 cm³/mol. The van der Waals surface area contributed by atoms with Crippen LogP contribution in [0.4, 0.5) is 5.95 Å². The van der Waals surface area contributed by atoms with Crippen LogP contribution in [0.5, 0.6) is 11.5 Å². The van der Waals surface area contributed by atoms with Crippen LogP contribution in [0.1, 0.15) is 0 Å². The van der Waals surface area contributed by atoms with Crippen molar-refractivity contribution in [2.24, 2.45) is 0 Å². The quantitative estimate of drug-likeness (QED) is 0.862. The summed E-state index contributed by atoms with van der Waals surface area (Å²) in [5, 5.41) is 0.147. The van der Waals surface area contributed by atoms with Crippen molar-refractivity contribution in [1.29, 1.82) is 0 Å². The average molecular weight is 295 g/mol. The number of nitrogens with zero attached hydrogens (tertiary/aromatic N) is 4. The van der Waals surface area contributed by atoms with E-state index in [2.05, 4.69) is 15.0 Å². The number of methoxy groups -OCH3 is 2. The maximum absolute atomic E-state index is 5.93. The largest absolute Gasteiger partial charge is 0.493 e. The molecule has 0 radical (unpaired) electrons. The normalized spacial score (nSPS) is 10.2. The molecule has 1 aromatic heterocycles. The standard InChI is InChI=1S/C13H15ClN4O2/c1-18(2)13-16-11(15-12(14)17-13)8-5-6-9(19-3)10(7-8)20-4/h5-7H,1-4H3. The van der Waals surface area contributed by atoms with Gasteiger partial charge in [-0.05, 0) is 29.8 Å². The molecule has 20 heavy (non-hydrogen) atoms. The van der Waals surface area contributed by atoms with Gasteiger partial charge in [-0.1, -0.05) is 0 Å². The molecule has 0 fully saturated rings. The minimum absolute atomic E-state index is 0.147. The first kappa shape index (κ1) is 14.3.